The van der Waals surface area contributed by atoms with Gasteiger partial charge in [0.2, 0.25) is 5.91 Å². The predicted octanol–water partition coefficient (Wildman–Crippen LogP) is 4.87. The lowest BCUT2D eigenvalue weighted by Gasteiger charge is -2.16. The zero-order valence-corrected chi connectivity index (χ0v) is 20.2. The molecule has 7 heteroatoms. The van der Waals surface area contributed by atoms with E-state index in [9.17, 15) is 19.5 Å². The Balaban J connectivity index is 1.37. The van der Waals surface area contributed by atoms with Gasteiger partial charge in [0.05, 0.1) is 0 Å². The number of benzene rings is 2. The minimum Gasteiger partial charge on any atom is -0.480 e. The minimum absolute atomic E-state index is 0.0201. The summed E-state index contributed by atoms with van der Waals surface area (Å²) >= 11 is 0. The molecule has 0 fully saturated rings. The van der Waals surface area contributed by atoms with E-state index in [0.717, 1.165) is 0 Å². The highest BCUT2D eigenvalue weighted by atomic mass is 16.5. The molecule has 0 aromatic heterocycles. The average Bonchev–Trinajstić information content (AvgIpc) is 3.17. The van der Waals surface area contributed by atoms with Crippen LogP contribution in [0.1, 0.15) is 56.1 Å². The summed E-state index contributed by atoms with van der Waals surface area (Å²) in [6.07, 6.45) is 3.56. The second kappa shape index (κ2) is 12.7. The van der Waals surface area contributed by atoms with Crippen molar-refractivity contribution in [2.24, 2.45) is 5.92 Å². The molecule has 0 bridgehead atoms. The zero-order chi connectivity index (χ0) is 25.2. The number of hydrogen-bond acceptors (Lipinski definition) is 4. The first-order valence-corrected chi connectivity index (χ1v) is 12.1. The minimum atomic E-state index is -1.04. The summed E-state index contributed by atoms with van der Waals surface area (Å²) in [5, 5.41) is 14.6. The quantitative estimate of drug-likeness (QED) is 0.356. The Morgan fingerprint density at radius 1 is 1.03 bits per heavy atom. The number of carboxylic acid groups (broad SMARTS) is 1. The maximum Gasteiger partial charge on any atom is 0.407 e. The summed E-state index contributed by atoms with van der Waals surface area (Å²) in [6.45, 7) is 6.29. The van der Waals surface area contributed by atoms with E-state index in [-0.39, 0.29) is 30.8 Å². The van der Waals surface area contributed by atoms with Crippen molar-refractivity contribution in [1.29, 1.82) is 0 Å². The highest BCUT2D eigenvalue weighted by molar-refractivity contribution is 5.83. The molecule has 3 N–H and O–H groups in total. The lowest BCUT2D eigenvalue weighted by atomic mass is 9.98. The van der Waals surface area contributed by atoms with Crippen LogP contribution < -0.4 is 10.6 Å². The number of alkyl carbamates (subject to hydrolysis) is 1. The van der Waals surface area contributed by atoms with Crippen LogP contribution in [0.4, 0.5) is 4.79 Å². The third-order valence-corrected chi connectivity index (χ3v) is 6.41. The molecule has 2 aromatic rings. The van der Waals surface area contributed by atoms with Crippen LogP contribution in [0.25, 0.3) is 11.1 Å². The second-order valence-electron chi connectivity index (χ2n) is 9.01. The van der Waals surface area contributed by atoms with Gasteiger partial charge in [-0.05, 0) is 53.9 Å². The molecule has 186 valence electrons. The molecule has 2 aromatic carbocycles. The highest BCUT2D eigenvalue weighted by Crippen LogP contribution is 2.44. The third kappa shape index (κ3) is 7.18. The molecule has 0 radical (unpaired) electrons. The van der Waals surface area contributed by atoms with Gasteiger partial charge >= 0.3 is 12.1 Å². The normalized spacial score (nSPS) is 13.7. The average molecular weight is 479 g/mol. The molecule has 2 atom stereocenters. The van der Waals surface area contributed by atoms with E-state index in [1.807, 2.05) is 31.2 Å². The summed E-state index contributed by atoms with van der Waals surface area (Å²) in [5.74, 6) is -1.11. The number of rotatable bonds is 13. The van der Waals surface area contributed by atoms with Crippen molar-refractivity contribution in [3.05, 3.63) is 72.3 Å². The summed E-state index contributed by atoms with van der Waals surface area (Å²) < 4.78 is 5.54. The molecular weight excluding hydrogens is 444 g/mol. The fourth-order valence-electron chi connectivity index (χ4n) is 4.40. The van der Waals surface area contributed by atoms with Gasteiger partial charge in [0.1, 0.15) is 12.6 Å². The largest absolute Gasteiger partial charge is 0.480 e. The molecule has 2 unspecified atom stereocenters. The molecule has 0 saturated carbocycles. The van der Waals surface area contributed by atoms with E-state index >= 15 is 0 Å². The number of aliphatic carboxylic acids is 1. The van der Waals surface area contributed by atoms with Crippen molar-refractivity contribution >= 4 is 18.0 Å². The second-order valence-corrected chi connectivity index (χ2v) is 9.01. The monoisotopic (exact) mass is 478 g/mol. The lowest BCUT2D eigenvalue weighted by Crippen LogP contribution is -2.40. The standard InChI is InChI=1S/C28H34N2O5/c1-3-4-13-25(27(32)33)30-26(31)15-14-19(2)16-17-29-28(34)35-18-24-22-11-7-5-9-20(22)21-10-6-8-12-23(21)24/h3,5-12,19,24-25H,1,4,13-18H2,2H3,(H,29,34)(H,30,31)(H,32,33). The van der Waals surface area contributed by atoms with Gasteiger partial charge in [-0.15, -0.1) is 6.58 Å². The summed E-state index contributed by atoms with van der Waals surface area (Å²) in [7, 11) is 0. The van der Waals surface area contributed by atoms with E-state index in [1.54, 1.807) is 6.08 Å². The number of amides is 2. The van der Waals surface area contributed by atoms with E-state index in [4.69, 9.17) is 4.74 Å². The van der Waals surface area contributed by atoms with Crippen LogP contribution in [0, 0.1) is 5.92 Å². The smallest absolute Gasteiger partial charge is 0.407 e. The molecule has 3 rings (SSSR count). The Bertz CT molecular complexity index is 1010. The van der Waals surface area contributed by atoms with Gasteiger partial charge in [-0.25, -0.2) is 9.59 Å². The SMILES string of the molecule is C=CCCC(NC(=O)CCC(C)CCNC(=O)OCC1c2ccccc2-c2ccccc21)C(=O)O. The van der Waals surface area contributed by atoms with E-state index in [0.29, 0.717) is 32.2 Å². The topological polar surface area (TPSA) is 105 Å². The van der Waals surface area contributed by atoms with Gasteiger partial charge in [-0.3, -0.25) is 4.79 Å². The molecule has 0 spiro atoms. The summed E-state index contributed by atoms with van der Waals surface area (Å²) in [4.78, 5) is 35.6. The molecule has 7 nitrogen and oxygen atoms in total. The molecule has 0 aliphatic heterocycles. The first kappa shape index (κ1) is 26.0. The number of hydrogen-bond donors (Lipinski definition) is 3. The molecular formula is C28H34N2O5. The van der Waals surface area contributed by atoms with Crippen molar-refractivity contribution in [3.63, 3.8) is 0 Å². The van der Waals surface area contributed by atoms with Crippen molar-refractivity contribution in [1.82, 2.24) is 10.6 Å². The van der Waals surface area contributed by atoms with Crippen LogP contribution in [0.2, 0.25) is 0 Å². The fourth-order valence-corrected chi connectivity index (χ4v) is 4.40. The number of carbonyl (C=O) groups is 3. The van der Waals surface area contributed by atoms with Crippen molar-refractivity contribution in [3.8, 4) is 11.1 Å². The Kier molecular flexibility index (Phi) is 9.47. The lowest BCUT2D eigenvalue weighted by molar-refractivity contribution is -0.142. The van der Waals surface area contributed by atoms with Crippen LogP contribution in [-0.2, 0) is 14.3 Å². The van der Waals surface area contributed by atoms with Gasteiger partial charge in [0.25, 0.3) is 0 Å². The van der Waals surface area contributed by atoms with Crippen molar-refractivity contribution < 1.29 is 24.2 Å². The molecule has 0 heterocycles. The Labute approximate surface area is 206 Å². The number of fused-ring (bicyclic) bond motifs is 3. The van der Waals surface area contributed by atoms with E-state index in [1.165, 1.54) is 22.3 Å². The maximum atomic E-state index is 12.3. The van der Waals surface area contributed by atoms with Gasteiger partial charge in [-0.2, -0.15) is 0 Å². The Morgan fingerprint density at radius 2 is 1.66 bits per heavy atom. The summed E-state index contributed by atoms with van der Waals surface area (Å²) in [5.41, 5.74) is 4.71. The number of ether oxygens (including phenoxy) is 1. The van der Waals surface area contributed by atoms with E-state index < -0.39 is 18.1 Å². The van der Waals surface area contributed by atoms with Crippen LogP contribution in [0.15, 0.2) is 61.2 Å². The molecule has 1 aliphatic rings. The Morgan fingerprint density at radius 3 is 2.26 bits per heavy atom. The van der Waals surface area contributed by atoms with Crippen LogP contribution in [-0.4, -0.2) is 42.3 Å². The Hall–Kier alpha value is -3.61. The first-order valence-electron chi connectivity index (χ1n) is 12.1. The predicted molar refractivity (Wildman–Crippen MR) is 135 cm³/mol. The van der Waals surface area contributed by atoms with Crippen LogP contribution in [0.3, 0.4) is 0 Å². The van der Waals surface area contributed by atoms with Crippen molar-refractivity contribution in [2.45, 2.75) is 51.0 Å². The number of carbonyl (C=O) groups excluding carboxylic acids is 2. The van der Waals surface area contributed by atoms with Gasteiger partial charge in [0.15, 0.2) is 0 Å². The van der Waals surface area contributed by atoms with Crippen molar-refractivity contribution in [2.75, 3.05) is 13.2 Å². The first-order chi connectivity index (χ1) is 16.9. The van der Waals surface area contributed by atoms with Crippen LogP contribution in [0.5, 0.6) is 0 Å². The number of carboxylic acids is 1. The molecule has 35 heavy (non-hydrogen) atoms. The molecule has 1 aliphatic carbocycles. The van der Waals surface area contributed by atoms with Gasteiger partial charge in [0, 0.05) is 18.9 Å². The summed E-state index contributed by atoms with van der Waals surface area (Å²) in [6, 6.07) is 15.5. The zero-order valence-electron chi connectivity index (χ0n) is 20.2. The van der Waals surface area contributed by atoms with Gasteiger partial charge < -0.3 is 20.5 Å². The maximum absolute atomic E-state index is 12.3. The van der Waals surface area contributed by atoms with Gasteiger partial charge in [-0.1, -0.05) is 61.5 Å². The number of allylic oxidation sites excluding steroid dienone is 1. The number of nitrogens with one attached hydrogen (secondary N) is 2. The highest BCUT2D eigenvalue weighted by Gasteiger charge is 2.29. The van der Waals surface area contributed by atoms with E-state index in [2.05, 4.69) is 41.5 Å². The van der Waals surface area contributed by atoms with Crippen LogP contribution >= 0.6 is 0 Å². The fraction of sp³-hybridized carbons (Fsp3) is 0.393. The third-order valence-electron chi connectivity index (χ3n) is 6.41. The molecule has 2 amide bonds. The molecule has 0 saturated heterocycles.